The van der Waals surface area contributed by atoms with Crippen LogP contribution >= 0.6 is 0 Å². The van der Waals surface area contributed by atoms with Gasteiger partial charge in [0.1, 0.15) is 0 Å². The Balaban J connectivity index is 2.10. The number of rotatable bonds is 7. The minimum Gasteiger partial charge on any atom is -0.379 e. The fraction of sp³-hybridized carbons (Fsp3) is 1.00. The van der Waals surface area contributed by atoms with E-state index in [2.05, 4.69) is 37.9 Å². The van der Waals surface area contributed by atoms with Gasteiger partial charge in [0, 0.05) is 26.2 Å². The first kappa shape index (κ1) is 15.9. The summed E-state index contributed by atoms with van der Waals surface area (Å²) in [5.74, 6) is 0.927. The highest BCUT2D eigenvalue weighted by Gasteiger charge is 2.20. The Bertz CT molecular complexity index is 223. The van der Waals surface area contributed by atoms with E-state index >= 15 is 0 Å². The Morgan fingerprint density at radius 1 is 1.33 bits per heavy atom. The second-order valence-electron chi connectivity index (χ2n) is 6.55. The quantitative estimate of drug-likeness (QED) is 0.757. The summed E-state index contributed by atoms with van der Waals surface area (Å²) in [6, 6.07) is 0.517. The molecule has 1 aliphatic rings. The maximum absolute atomic E-state index is 5.47. The van der Waals surface area contributed by atoms with E-state index in [1.54, 1.807) is 7.11 Å². The summed E-state index contributed by atoms with van der Waals surface area (Å²) in [4.78, 5) is 2.58. The average Bonchev–Trinajstić information content (AvgIpc) is 2.31. The molecule has 1 fully saturated rings. The lowest BCUT2D eigenvalue weighted by Crippen LogP contribution is -2.41. The third-order valence-electron chi connectivity index (χ3n) is 4.15. The third-order valence-corrected chi connectivity index (χ3v) is 4.15. The van der Waals surface area contributed by atoms with Gasteiger partial charge < -0.3 is 15.0 Å². The Morgan fingerprint density at radius 3 is 2.50 bits per heavy atom. The number of nitrogens with one attached hydrogen (secondary N) is 1. The van der Waals surface area contributed by atoms with Gasteiger partial charge in [-0.15, -0.1) is 0 Å². The van der Waals surface area contributed by atoms with Gasteiger partial charge in [0.2, 0.25) is 0 Å². The third kappa shape index (κ3) is 6.17. The van der Waals surface area contributed by atoms with Crippen LogP contribution < -0.4 is 5.32 Å². The topological polar surface area (TPSA) is 24.5 Å². The van der Waals surface area contributed by atoms with E-state index in [-0.39, 0.29) is 5.60 Å². The summed E-state index contributed by atoms with van der Waals surface area (Å²) in [6.07, 6.45) is 3.79. The number of piperidine rings is 1. The predicted molar refractivity (Wildman–Crippen MR) is 78.0 cm³/mol. The van der Waals surface area contributed by atoms with Crippen molar-refractivity contribution < 1.29 is 4.74 Å². The number of likely N-dealkylation sites (tertiary alicyclic amines) is 1. The lowest BCUT2D eigenvalue weighted by atomic mass is 9.99. The van der Waals surface area contributed by atoms with Gasteiger partial charge in [-0.05, 0) is 59.0 Å². The highest BCUT2D eigenvalue weighted by atomic mass is 16.5. The molecule has 0 aliphatic carbocycles. The highest BCUT2D eigenvalue weighted by Crippen LogP contribution is 2.16. The largest absolute Gasteiger partial charge is 0.379 e. The summed E-state index contributed by atoms with van der Waals surface area (Å²) in [5.41, 5.74) is -0.0209. The van der Waals surface area contributed by atoms with E-state index < -0.39 is 0 Å². The lowest BCUT2D eigenvalue weighted by Gasteiger charge is -2.31. The van der Waals surface area contributed by atoms with Crippen LogP contribution in [0.3, 0.4) is 0 Å². The Kier molecular flexibility index (Phi) is 6.61. The van der Waals surface area contributed by atoms with Gasteiger partial charge in [-0.25, -0.2) is 0 Å². The summed E-state index contributed by atoms with van der Waals surface area (Å²) in [6.45, 7) is 13.7. The van der Waals surface area contributed by atoms with Crippen LogP contribution in [0.1, 0.15) is 47.0 Å². The molecular weight excluding hydrogens is 224 g/mol. The van der Waals surface area contributed by atoms with E-state index in [1.807, 2.05) is 0 Å². The maximum atomic E-state index is 5.47. The molecular formula is C15H32N2O. The van der Waals surface area contributed by atoms with Crippen molar-refractivity contribution in [1.82, 2.24) is 10.2 Å². The van der Waals surface area contributed by atoms with Gasteiger partial charge in [0.25, 0.3) is 0 Å². The van der Waals surface area contributed by atoms with Crippen molar-refractivity contribution >= 4 is 0 Å². The first-order valence-corrected chi connectivity index (χ1v) is 7.44. The molecule has 0 spiro atoms. The van der Waals surface area contributed by atoms with E-state index in [1.165, 1.54) is 32.5 Å². The van der Waals surface area contributed by atoms with Crippen molar-refractivity contribution in [3.8, 4) is 0 Å². The maximum Gasteiger partial charge on any atom is 0.0637 e. The zero-order valence-corrected chi connectivity index (χ0v) is 13.0. The number of nitrogens with zero attached hydrogens (tertiary/aromatic N) is 1. The summed E-state index contributed by atoms with van der Waals surface area (Å²) in [7, 11) is 1.79. The molecule has 0 amide bonds. The molecule has 0 aromatic rings. The van der Waals surface area contributed by atoms with Crippen LogP contribution in [0, 0.1) is 5.92 Å². The minimum absolute atomic E-state index is 0.0209. The molecule has 0 saturated carbocycles. The summed E-state index contributed by atoms with van der Waals surface area (Å²) < 4.78 is 5.47. The number of hydrogen-bond donors (Lipinski definition) is 1. The van der Waals surface area contributed by atoms with Gasteiger partial charge in [-0.3, -0.25) is 0 Å². The normalized spacial score (nSPS) is 21.2. The molecule has 1 unspecified atom stereocenters. The van der Waals surface area contributed by atoms with E-state index in [0.29, 0.717) is 6.04 Å². The first-order valence-electron chi connectivity index (χ1n) is 7.44. The van der Waals surface area contributed by atoms with Gasteiger partial charge >= 0.3 is 0 Å². The molecule has 1 atom stereocenters. The van der Waals surface area contributed by atoms with Crippen LogP contribution in [-0.2, 0) is 4.74 Å². The van der Waals surface area contributed by atoms with Crippen LogP contribution in [0.2, 0.25) is 0 Å². The van der Waals surface area contributed by atoms with Crippen LogP contribution in [0.25, 0.3) is 0 Å². The molecule has 0 radical (unpaired) electrons. The van der Waals surface area contributed by atoms with Crippen molar-refractivity contribution in [2.75, 3.05) is 33.3 Å². The average molecular weight is 256 g/mol. The molecule has 1 rings (SSSR count). The van der Waals surface area contributed by atoms with Crippen LogP contribution in [-0.4, -0.2) is 49.8 Å². The molecule has 0 aromatic heterocycles. The van der Waals surface area contributed by atoms with E-state index in [4.69, 9.17) is 4.74 Å². The molecule has 18 heavy (non-hydrogen) atoms. The fourth-order valence-electron chi connectivity index (χ4n) is 2.65. The minimum atomic E-state index is -0.0209. The molecule has 1 aliphatic heterocycles. The Hall–Kier alpha value is -0.120. The second kappa shape index (κ2) is 7.46. The monoisotopic (exact) mass is 256 g/mol. The predicted octanol–water partition coefficient (Wildman–Crippen LogP) is 2.51. The first-order chi connectivity index (χ1) is 8.43. The number of ether oxygens (including phenoxy) is 1. The van der Waals surface area contributed by atoms with Crippen LogP contribution in [0.15, 0.2) is 0 Å². The van der Waals surface area contributed by atoms with Gasteiger partial charge in [0.05, 0.1) is 5.60 Å². The molecule has 1 N–H and O–H groups in total. The second-order valence-corrected chi connectivity index (χ2v) is 6.55. The van der Waals surface area contributed by atoms with Crippen molar-refractivity contribution in [2.24, 2.45) is 5.92 Å². The Labute approximate surface area is 113 Å². The lowest BCUT2D eigenvalue weighted by molar-refractivity contribution is 0.00839. The van der Waals surface area contributed by atoms with Gasteiger partial charge in [-0.2, -0.15) is 0 Å². The van der Waals surface area contributed by atoms with E-state index in [9.17, 15) is 0 Å². The number of methoxy groups -OCH3 is 1. The highest BCUT2D eigenvalue weighted by molar-refractivity contribution is 4.76. The van der Waals surface area contributed by atoms with Crippen molar-refractivity contribution in [2.45, 2.75) is 58.6 Å². The number of hydrogen-bond acceptors (Lipinski definition) is 3. The smallest absolute Gasteiger partial charge is 0.0637 e. The molecule has 3 heteroatoms. The molecule has 1 heterocycles. The van der Waals surface area contributed by atoms with Crippen LogP contribution in [0.5, 0.6) is 0 Å². The van der Waals surface area contributed by atoms with Crippen LogP contribution in [0.4, 0.5) is 0 Å². The van der Waals surface area contributed by atoms with Gasteiger partial charge in [0.15, 0.2) is 0 Å². The van der Waals surface area contributed by atoms with Gasteiger partial charge in [-0.1, -0.05) is 6.92 Å². The van der Waals surface area contributed by atoms with Crippen molar-refractivity contribution in [3.05, 3.63) is 0 Å². The zero-order chi connectivity index (χ0) is 13.6. The van der Waals surface area contributed by atoms with E-state index in [0.717, 1.165) is 18.9 Å². The molecule has 3 nitrogen and oxygen atoms in total. The molecule has 0 aromatic carbocycles. The standard InChI is InChI=1S/C15H32N2O/c1-13-6-9-17(10-7-13)11-8-16-14(2)12-15(3,4)18-5/h13-14,16H,6-12H2,1-5H3. The molecule has 1 saturated heterocycles. The Morgan fingerprint density at radius 2 is 1.94 bits per heavy atom. The SMILES string of the molecule is COC(C)(C)CC(C)NCCN1CCC(C)CC1. The zero-order valence-electron chi connectivity index (χ0n) is 13.0. The fourth-order valence-corrected chi connectivity index (χ4v) is 2.65. The molecule has 0 bridgehead atoms. The molecule has 108 valence electrons. The summed E-state index contributed by atoms with van der Waals surface area (Å²) >= 11 is 0. The summed E-state index contributed by atoms with van der Waals surface area (Å²) in [5, 5.41) is 3.61. The van der Waals surface area contributed by atoms with Crippen molar-refractivity contribution in [3.63, 3.8) is 0 Å². The van der Waals surface area contributed by atoms with Crippen molar-refractivity contribution in [1.29, 1.82) is 0 Å².